The third-order valence-electron chi connectivity index (χ3n) is 5.16. The molecule has 25 heavy (non-hydrogen) atoms. The number of quaternary nitrogens is 1. The molecule has 1 amide bonds. The molecule has 0 spiro atoms. The summed E-state index contributed by atoms with van der Waals surface area (Å²) in [5.41, 5.74) is 2.84. The number of aryl methyl sites for hydroxylation is 1. The molecule has 1 heterocycles. The quantitative estimate of drug-likeness (QED) is 0.860. The predicted octanol–water partition coefficient (Wildman–Crippen LogP) is 3.64. The molecule has 2 N–H and O–H groups in total. The number of hydrogen-bond donors (Lipinski definition) is 2. The molecule has 0 radical (unpaired) electrons. The van der Waals surface area contributed by atoms with Crippen molar-refractivity contribution in [2.24, 2.45) is 5.92 Å². The Morgan fingerprint density at radius 1 is 1.16 bits per heavy atom. The van der Waals surface area contributed by atoms with Gasteiger partial charge in [-0.1, -0.05) is 54.9 Å². The maximum absolute atomic E-state index is 13.1. The topological polar surface area (TPSA) is 33.5 Å². The van der Waals surface area contributed by atoms with Crippen molar-refractivity contribution in [2.75, 3.05) is 18.4 Å². The Bertz CT molecular complexity index is 724. The fourth-order valence-electron chi connectivity index (χ4n) is 3.52. The number of nitrogens with one attached hydrogen (secondary N) is 2. The van der Waals surface area contributed by atoms with Crippen LogP contribution in [-0.2, 0) is 4.79 Å². The first-order valence-electron chi connectivity index (χ1n) is 9.01. The van der Waals surface area contributed by atoms with Crippen molar-refractivity contribution < 1.29 is 9.69 Å². The van der Waals surface area contributed by atoms with Crippen LogP contribution in [0.1, 0.15) is 36.9 Å². The summed E-state index contributed by atoms with van der Waals surface area (Å²) in [6.07, 6.45) is 2.34. The SMILES string of the molecule is Cc1ccc(NC(=O)[C@@H](c2ccccc2)[NH+]2CCC(C)CC2)cc1Cl. The summed E-state index contributed by atoms with van der Waals surface area (Å²) in [6.45, 7) is 6.31. The number of rotatable bonds is 4. The zero-order valence-corrected chi connectivity index (χ0v) is 15.6. The Kier molecular flexibility index (Phi) is 5.77. The molecule has 1 atom stereocenters. The molecule has 3 rings (SSSR count). The van der Waals surface area contributed by atoms with E-state index in [0.29, 0.717) is 5.02 Å². The minimum atomic E-state index is -0.186. The maximum Gasteiger partial charge on any atom is 0.287 e. The second-order valence-electron chi connectivity index (χ2n) is 7.14. The van der Waals surface area contributed by atoms with E-state index in [1.165, 1.54) is 17.7 Å². The van der Waals surface area contributed by atoms with E-state index in [2.05, 4.69) is 24.4 Å². The Morgan fingerprint density at radius 3 is 2.48 bits per heavy atom. The molecule has 0 unspecified atom stereocenters. The molecular formula is C21H26ClN2O+. The number of benzene rings is 2. The van der Waals surface area contributed by atoms with E-state index in [1.807, 2.05) is 43.3 Å². The fraction of sp³-hybridized carbons (Fsp3) is 0.381. The first-order chi connectivity index (χ1) is 12.0. The number of amides is 1. The van der Waals surface area contributed by atoms with Gasteiger partial charge < -0.3 is 10.2 Å². The Balaban J connectivity index is 1.83. The Labute approximate surface area is 155 Å². The third kappa shape index (κ3) is 4.42. The van der Waals surface area contributed by atoms with E-state index in [-0.39, 0.29) is 11.9 Å². The smallest absolute Gasteiger partial charge is 0.287 e. The van der Waals surface area contributed by atoms with Gasteiger partial charge in [-0.15, -0.1) is 0 Å². The van der Waals surface area contributed by atoms with Crippen LogP contribution in [0.15, 0.2) is 48.5 Å². The number of halogens is 1. The van der Waals surface area contributed by atoms with Crippen molar-refractivity contribution >= 4 is 23.2 Å². The van der Waals surface area contributed by atoms with E-state index in [9.17, 15) is 4.79 Å². The lowest BCUT2D eigenvalue weighted by Gasteiger charge is -2.33. The lowest BCUT2D eigenvalue weighted by atomic mass is 9.95. The largest absolute Gasteiger partial charge is 0.321 e. The maximum atomic E-state index is 13.1. The number of carbonyl (C=O) groups is 1. The van der Waals surface area contributed by atoms with Crippen LogP contribution >= 0.6 is 11.6 Å². The van der Waals surface area contributed by atoms with Gasteiger partial charge in [-0.05, 0) is 43.4 Å². The van der Waals surface area contributed by atoms with Gasteiger partial charge in [-0.25, -0.2) is 0 Å². The second kappa shape index (κ2) is 8.03. The van der Waals surface area contributed by atoms with Gasteiger partial charge in [0.1, 0.15) is 0 Å². The van der Waals surface area contributed by atoms with Gasteiger partial charge in [-0.3, -0.25) is 4.79 Å². The van der Waals surface area contributed by atoms with Crippen molar-refractivity contribution in [1.29, 1.82) is 0 Å². The first-order valence-corrected chi connectivity index (χ1v) is 9.39. The van der Waals surface area contributed by atoms with Gasteiger partial charge in [0.25, 0.3) is 5.91 Å². The molecule has 1 saturated heterocycles. The molecule has 1 aliphatic heterocycles. The van der Waals surface area contributed by atoms with Gasteiger partial charge in [-0.2, -0.15) is 0 Å². The summed E-state index contributed by atoms with van der Waals surface area (Å²) in [4.78, 5) is 14.5. The van der Waals surface area contributed by atoms with Crippen molar-refractivity contribution in [3.63, 3.8) is 0 Å². The molecule has 132 valence electrons. The van der Waals surface area contributed by atoms with Crippen molar-refractivity contribution in [1.82, 2.24) is 0 Å². The van der Waals surface area contributed by atoms with Gasteiger partial charge in [0, 0.05) is 16.3 Å². The minimum Gasteiger partial charge on any atom is -0.321 e. The van der Waals surface area contributed by atoms with Gasteiger partial charge in [0.05, 0.1) is 13.1 Å². The van der Waals surface area contributed by atoms with E-state index >= 15 is 0 Å². The van der Waals surface area contributed by atoms with Crippen LogP contribution in [0, 0.1) is 12.8 Å². The molecule has 2 aromatic rings. The summed E-state index contributed by atoms with van der Waals surface area (Å²) >= 11 is 6.20. The number of piperidine rings is 1. The van der Waals surface area contributed by atoms with Crippen LogP contribution in [0.5, 0.6) is 0 Å². The number of hydrogen-bond acceptors (Lipinski definition) is 1. The molecular weight excluding hydrogens is 332 g/mol. The molecule has 1 fully saturated rings. The summed E-state index contributed by atoms with van der Waals surface area (Å²) in [5.74, 6) is 0.787. The average Bonchev–Trinajstić information content (AvgIpc) is 2.61. The standard InChI is InChI=1S/C21H25ClN2O/c1-15-10-12-24(13-11-15)20(17-6-4-3-5-7-17)21(25)23-18-9-8-16(2)19(22)14-18/h3-9,14-15,20H,10-13H2,1-2H3,(H,23,25)/p+1/t20-/m1/s1. The molecule has 0 saturated carbocycles. The number of anilines is 1. The summed E-state index contributed by atoms with van der Waals surface area (Å²) in [6, 6.07) is 15.6. The third-order valence-corrected chi connectivity index (χ3v) is 5.57. The summed E-state index contributed by atoms with van der Waals surface area (Å²) in [7, 11) is 0. The first kappa shape index (κ1) is 18.0. The average molecular weight is 358 g/mol. The van der Waals surface area contributed by atoms with Crippen LogP contribution in [0.4, 0.5) is 5.69 Å². The molecule has 2 aromatic carbocycles. The highest BCUT2D eigenvalue weighted by Crippen LogP contribution is 2.21. The second-order valence-corrected chi connectivity index (χ2v) is 7.54. The van der Waals surface area contributed by atoms with Gasteiger partial charge >= 0.3 is 0 Å². The lowest BCUT2D eigenvalue weighted by Crippen LogP contribution is -3.14. The fourth-order valence-corrected chi connectivity index (χ4v) is 3.71. The van der Waals surface area contributed by atoms with Crippen molar-refractivity contribution in [3.8, 4) is 0 Å². The van der Waals surface area contributed by atoms with Crippen LogP contribution in [0.25, 0.3) is 0 Å². The Morgan fingerprint density at radius 2 is 1.84 bits per heavy atom. The van der Waals surface area contributed by atoms with Gasteiger partial charge in [0.15, 0.2) is 6.04 Å². The molecule has 3 nitrogen and oxygen atoms in total. The molecule has 0 bridgehead atoms. The zero-order valence-electron chi connectivity index (χ0n) is 14.9. The monoisotopic (exact) mass is 357 g/mol. The van der Waals surface area contributed by atoms with E-state index in [0.717, 1.165) is 35.8 Å². The van der Waals surface area contributed by atoms with Crippen LogP contribution < -0.4 is 10.2 Å². The highest BCUT2D eigenvalue weighted by molar-refractivity contribution is 6.31. The van der Waals surface area contributed by atoms with E-state index in [4.69, 9.17) is 11.6 Å². The van der Waals surface area contributed by atoms with Crippen LogP contribution in [-0.4, -0.2) is 19.0 Å². The molecule has 1 aliphatic rings. The Hall–Kier alpha value is -1.84. The summed E-state index contributed by atoms with van der Waals surface area (Å²) < 4.78 is 0. The molecule has 0 aromatic heterocycles. The van der Waals surface area contributed by atoms with Crippen LogP contribution in [0.2, 0.25) is 5.02 Å². The number of carbonyl (C=O) groups excluding carboxylic acids is 1. The van der Waals surface area contributed by atoms with E-state index in [1.54, 1.807) is 0 Å². The highest BCUT2D eigenvalue weighted by atomic mass is 35.5. The van der Waals surface area contributed by atoms with Crippen molar-refractivity contribution in [3.05, 3.63) is 64.7 Å². The lowest BCUT2D eigenvalue weighted by molar-refractivity contribution is -0.927. The van der Waals surface area contributed by atoms with Crippen LogP contribution in [0.3, 0.4) is 0 Å². The number of likely N-dealkylation sites (tertiary alicyclic amines) is 1. The predicted molar refractivity (Wildman–Crippen MR) is 103 cm³/mol. The normalized spacial score (nSPS) is 21.6. The van der Waals surface area contributed by atoms with E-state index < -0.39 is 0 Å². The van der Waals surface area contributed by atoms with Gasteiger partial charge in [0.2, 0.25) is 0 Å². The molecule has 4 heteroatoms. The molecule has 0 aliphatic carbocycles. The summed E-state index contributed by atoms with van der Waals surface area (Å²) in [5, 5.41) is 3.75. The highest BCUT2D eigenvalue weighted by Gasteiger charge is 2.33. The minimum absolute atomic E-state index is 0.0377. The van der Waals surface area contributed by atoms with Crippen molar-refractivity contribution in [2.45, 2.75) is 32.7 Å². The zero-order chi connectivity index (χ0) is 17.8.